The third kappa shape index (κ3) is 4.97. The molecule has 2 aromatic carbocycles. The molecule has 0 aliphatic rings. The first kappa shape index (κ1) is 19.3. The van der Waals surface area contributed by atoms with Crippen LogP contribution in [0.5, 0.6) is 5.75 Å². The average Bonchev–Trinajstić information content (AvgIpc) is 2.65. The number of likely N-dealkylation sites (N-methyl/N-ethyl adjacent to an activating group) is 1. The lowest BCUT2D eigenvalue weighted by atomic mass is 10.0. The first-order chi connectivity index (χ1) is 12.1. The van der Waals surface area contributed by atoms with Crippen molar-refractivity contribution in [3.8, 4) is 5.75 Å². The summed E-state index contributed by atoms with van der Waals surface area (Å²) in [5, 5.41) is 3.48. The van der Waals surface area contributed by atoms with E-state index in [1.807, 2.05) is 36.4 Å². The van der Waals surface area contributed by atoms with E-state index in [1.165, 1.54) is 0 Å². The Morgan fingerprint density at radius 3 is 2.32 bits per heavy atom. The van der Waals surface area contributed by atoms with Crippen molar-refractivity contribution in [1.29, 1.82) is 0 Å². The summed E-state index contributed by atoms with van der Waals surface area (Å²) in [6.07, 6.45) is 0. The predicted molar refractivity (Wildman–Crippen MR) is 102 cm³/mol. The highest BCUT2D eigenvalue weighted by molar-refractivity contribution is 6.33. The lowest BCUT2D eigenvalue weighted by molar-refractivity contribution is 0.0935. The predicted octanol–water partition coefficient (Wildman–Crippen LogP) is 4.16. The number of nitrogens with one attached hydrogen (secondary N) is 1. The summed E-state index contributed by atoms with van der Waals surface area (Å²) in [7, 11) is 1.65. The molecule has 1 atom stereocenters. The molecule has 1 amide bonds. The molecule has 4 nitrogen and oxygen atoms in total. The molecule has 1 N–H and O–H groups in total. The van der Waals surface area contributed by atoms with Crippen LogP contribution in [0.2, 0.25) is 5.02 Å². The fraction of sp³-hybridized carbons (Fsp3) is 0.350. The number of carbonyl (C=O) groups is 1. The second-order valence-corrected chi connectivity index (χ2v) is 6.11. The summed E-state index contributed by atoms with van der Waals surface area (Å²) in [4.78, 5) is 14.8. The molecule has 25 heavy (non-hydrogen) atoms. The standard InChI is InChI=1S/C20H25ClN2O2/c1-4-23(5-2)19(15-10-12-16(25-3)13-11-15)14-22-20(24)17-8-6-7-9-18(17)21/h6-13,19H,4-5,14H2,1-3H3,(H,22,24). The fourth-order valence-corrected chi connectivity index (χ4v) is 3.10. The Labute approximate surface area is 154 Å². The summed E-state index contributed by atoms with van der Waals surface area (Å²) >= 11 is 6.12. The maximum absolute atomic E-state index is 12.5. The zero-order chi connectivity index (χ0) is 18.2. The van der Waals surface area contributed by atoms with Crippen molar-refractivity contribution in [2.45, 2.75) is 19.9 Å². The van der Waals surface area contributed by atoms with E-state index in [-0.39, 0.29) is 11.9 Å². The van der Waals surface area contributed by atoms with Gasteiger partial charge < -0.3 is 10.1 Å². The number of halogens is 1. The fourth-order valence-electron chi connectivity index (χ4n) is 2.88. The van der Waals surface area contributed by atoms with Crippen LogP contribution in [0.15, 0.2) is 48.5 Å². The van der Waals surface area contributed by atoms with Gasteiger partial charge in [0.15, 0.2) is 0 Å². The zero-order valence-corrected chi connectivity index (χ0v) is 15.7. The lowest BCUT2D eigenvalue weighted by Gasteiger charge is -2.30. The van der Waals surface area contributed by atoms with Gasteiger partial charge in [0, 0.05) is 6.54 Å². The number of rotatable bonds is 8. The van der Waals surface area contributed by atoms with Gasteiger partial charge in [0.25, 0.3) is 5.91 Å². The molecule has 134 valence electrons. The van der Waals surface area contributed by atoms with Crippen LogP contribution in [0.1, 0.15) is 35.8 Å². The molecule has 0 saturated carbocycles. The Kier molecular flexibility index (Phi) is 7.29. The third-order valence-corrected chi connectivity index (χ3v) is 4.66. The maximum atomic E-state index is 12.5. The first-order valence-corrected chi connectivity index (χ1v) is 8.89. The highest BCUT2D eigenvalue weighted by Crippen LogP contribution is 2.23. The summed E-state index contributed by atoms with van der Waals surface area (Å²) < 4.78 is 5.23. The summed E-state index contributed by atoms with van der Waals surface area (Å²) in [5.41, 5.74) is 1.64. The van der Waals surface area contributed by atoms with Crippen LogP contribution >= 0.6 is 11.6 Å². The molecule has 0 saturated heterocycles. The van der Waals surface area contributed by atoms with E-state index in [0.717, 1.165) is 24.4 Å². The largest absolute Gasteiger partial charge is 0.497 e. The van der Waals surface area contributed by atoms with Gasteiger partial charge in [-0.3, -0.25) is 9.69 Å². The van der Waals surface area contributed by atoms with Crippen LogP contribution < -0.4 is 10.1 Å². The van der Waals surface area contributed by atoms with Crippen molar-refractivity contribution in [1.82, 2.24) is 10.2 Å². The summed E-state index contributed by atoms with van der Waals surface area (Å²) in [6, 6.07) is 15.2. The zero-order valence-electron chi connectivity index (χ0n) is 15.0. The monoisotopic (exact) mass is 360 g/mol. The molecular formula is C20H25ClN2O2. The highest BCUT2D eigenvalue weighted by atomic mass is 35.5. The van der Waals surface area contributed by atoms with Gasteiger partial charge in [-0.1, -0.05) is 49.7 Å². The molecule has 0 bridgehead atoms. The number of ether oxygens (including phenoxy) is 1. The molecule has 0 radical (unpaired) electrons. The van der Waals surface area contributed by atoms with E-state index in [4.69, 9.17) is 16.3 Å². The number of hydrogen-bond acceptors (Lipinski definition) is 3. The molecule has 1 unspecified atom stereocenters. The average molecular weight is 361 g/mol. The minimum atomic E-state index is -0.156. The smallest absolute Gasteiger partial charge is 0.252 e. The van der Waals surface area contributed by atoms with Crippen molar-refractivity contribution < 1.29 is 9.53 Å². The normalized spacial score (nSPS) is 12.0. The van der Waals surface area contributed by atoms with Gasteiger partial charge in [0.2, 0.25) is 0 Å². The number of amides is 1. The van der Waals surface area contributed by atoms with Gasteiger partial charge in [-0.15, -0.1) is 0 Å². The quantitative estimate of drug-likeness (QED) is 0.768. The van der Waals surface area contributed by atoms with Gasteiger partial charge in [0.05, 0.1) is 23.7 Å². The second-order valence-electron chi connectivity index (χ2n) is 5.70. The van der Waals surface area contributed by atoms with Crippen molar-refractivity contribution >= 4 is 17.5 Å². The van der Waals surface area contributed by atoms with Crippen LogP contribution in [0.25, 0.3) is 0 Å². The van der Waals surface area contributed by atoms with Crippen molar-refractivity contribution in [3.63, 3.8) is 0 Å². The van der Waals surface area contributed by atoms with Crippen LogP contribution in [-0.2, 0) is 0 Å². The van der Waals surface area contributed by atoms with Gasteiger partial charge in [0.1, 0.15) is 5.75 Å². The van der Waals surface area contributed by atoms with E-state index in [1.54, 1.807) is 19.2 Å². The first-order valence-electron chi connectivity index (χ1n) is 8.51. The minimum Gasteiger partial charge on any atom is -0.497 e. The van der Waals surface area contributed by atoms with Crippen molar-refractivity contribution in [2.75, 3.05) is 26.7 Å². The Balaban J connectivity index is 2.15. The Morgan fingerprint density at radius 2 is 1.76 bits per heavy atom. The number of benzene rings is 2. The number of hydrogen-bond donors (Lipinski definition) is 1. The maximum Gasteiger partial charge on any atom is 0.252 e. The molecule has 0 aliphatic heterocycles. The Morgan fingerprint density at radius 1 is 1.12 bits per heavy atom. The van der Waals surface area contributed by atoms with Crippen LogP contribution in [-0.4, -0.2) is 37.6 Å². The van der Waals surface area contributed by atoms with Gasteiger partial charge >= 0.3 is 0 Å². The van der Waals surface area contributed by atoms with Gasteiger partial charge in [-0.2, -0.15) is 0 Å². The van der Waals surface area contributed by atoms with Crippen LogP contribution in [0, 0.1) is 0 Å². The van der Waals surface area contributed by atoms with Crippen LogP contribution in [0.4, 0.5) is 0 Å². The van der Waals surface area contributed by atoms with Crippen molar-refractivity contribution in [3.05, 3.63) is 64.7 Å². The summed E-state index contributed by atoms with van der Waals surface area (Å²) in [5.74, 6) is 0.665. The SMILES string of the molecule is CCN(CC)C(CNC(=O)c1ccccc1Cl)c1ccc(OC)cc1. The topological polar surface area (TPSA) is 41.6 Å². The van der Waals surface area contributed by atoms with E-state index >= 15 is 0 Å². The molecule has 0 fully saturated rings. The molecule has 2 aromatic rings. The van der Waals surface area contributed by atoms with E-state index < -0.39 is 0 Å². The molecule has 0 aliphatic carbocycles. The third-order valence-electron chi connectivity index (χ3n) is 4.33. The molecule has 0 aromatic heterocycles. The van der Waals surface area contributed by atoms with Crippen molar-refractivity contribution in [2.24, 2.45) is 0 Å². The molecule has 0 spiro atoms. The van der Waals surface area contributed by atoms with Gasteiger partial charge in [-0.25, -0.2) is 0 Å². The van der Waals surface area contributed by atoms with Crippen LogP contribution in [0.3, 0.4) is 0 Å². The Hall–Kier alpha value is -2.04. The highest BCUT2D eigenvalue weighted by Gasteiger charge is 2.20. The second kappa shape index (κ2) is 9.44. The number of nitrogens with zero attached hydrogens (tertiary/aromatic N) is 1. The summed E-state index contributed by atoms with van der Waals surface area (Å²) in [6.45, 7) is 6.55. The molecule has 2 rings (SSSR count). The Bertz CT molecular complexity index is 684. The van der Waals surface area contributed by atoms with E-state index in [0.29, 0.717) is 17.1 Å². The number of methoxy groups -OCH3 is 1. The van der Waals surface area contributed by atoms with Gasteiger partial charge in [-0.05, 0) is 42.9 Å². The van der Waals surface area contributed by atoms with E-state index in [9.17, 15) is 4.79 Å². The molecule has 0 heterocycles. The lowest BCUT2D eigenvalue weighted by Crippen LogP contribution is -2.38. The van der Waals surface area contributed by atoms with E-state index in [2.05, 4.69) is 24.1 Å². The molecule has 5 heteroatoms. The number of carbonyl (C=O) groups excluding carboxylic acids is 1. The molecular weight excluding hydrogens is 336 g/mol. The minimum absolute atomic E-state index is 0.0901.